The fourth-order valence-corrected chi connectivity index (χ4v) is 5.89. The van der Waals surface area contributed by atoms with Crippen molar-refractivity contribution >= 4 is 27.1 Å². The number of benzene rings is 3. The highest BCUT2D eigenvalue weighted by molar-refractivity contribution is 7.51. The zero-order valence-electron chi connectivity index (χ0n) is 15.6. The molecule has 3 heteroatoms. The van der Waals surface area contributed by atoms with Gasteiger partial charge in [0.05, 0.1) is 13.8 Å². The quantitative estimate of drug-likeness (QED) is 0.276. The van der Waals surface area contributed by atoms with Crippen LogP contribution < -0.4 is 0 Å². The van der Waals surface area contributed by atoms with Gasteiger partial charge in [0.15, 0.2) is 0 Å². The Morgan fingerprint density at radius 1 is 0.615 bits per heavy atom. The first-order valence-electron chi connectivity index (χ1n) is 8.88. The van der Waals surface area contributed by atoms with E-state index in [9.17, 15) is 0 Å². The predicted molar refractivity (Wildman–Crippen MR) is 119 cm³/mol. The third-order valence-corrected chi connectivity index (χ3v) is 8.88. The Bertz CT molecular complexity index is 854. The van der Waals surface area contributed by atoms with E-state index in [4.69, 9.17) is 4.76 Å². The molecular formula is C23H24NPSi. The van der Waals surface area contributed by atoms with Crippen LogP contribution in [0.1, 0.15) is 16.7 Å². The van der Waals surface area contributed by atoms with Crippen LogP contribution >= 0.6 is 8.35 Å². The summed E-state index contributed by atoms with van der Waals surface area (Å²) in [4.78, 5) is 1.46. The summed E-state index contributed by atoms with van der Waals surface area (Å²) in [5, 5.41) is 0. The summed E-state index contributed by atoms with van der Waals surface area (Å²) in [6.45, 7) is 7.17. The lowest BCUT2D eigenvalue weighted by molar-refractivity contribution is 1.58. The molecule has 0 saturated heterocycles. The molecule has 0 N–H and O–H groups in total. The molecule has 0 heterocycles. The van der Waals surface area contributed by atoms with Crippen LogP contribution in [0.25, 0.3) is 0 Å². The second-order valence-corrected chi connectivity index (χ2v) is 13.5. The maximum absolute atomic E-state index is 5.09. The first-order valence-corrected chi connectivity index (χ1v) is 13.2. The van der Waals surface area contributed by atoms with Crippen LogP contribution in [-0.4, -0.2) is 18.7 Å². The minimum atomic E-state index is -1.50. The molecule has 0 radical (unpaired) electrons. The third kappa shape index (κ3) is 4.66. The van der Waals surface area contributed by atoms with Gasteiger partial charge in [0.1, 0.15) is 0 Å². The fraction of sp³-hybridized carbons (Fsp3) is 0.130. The Morgan fingerprint density at radius 2 is 1.00 bits per heavy atom. The van der Waals surface area contributed by atoms with Crippen molar-refractivity contribution in [3.8, 4) is 0 Å². The standard InChI is InChI=1S/C23H24NPSi/c1-26(2,3)23(21-17-11-6-12-18-21)25-24-22(19-13-7-4-8-14-19)20-15-9-5-10-16-20/h4-18H,1-3H3. The molecule has 0 saturated carbocycles. The van der Waals surface area contributed by atoms with E-state index in [-0.39, 0.29) is 0 Å². The molecule has 0 spiro atoms. The predicted octanol–water partition coefficient (Wildman–Crippen LogP) is 6.48. The van der Waals surface area contributed by atoms with E-state index in [2.05, 4.69) is 98.5 Å². The van der Waals surface area contributed by atoms with Crippen LogP contribution in [0.3, 0.4) is 0 Å². The van der Waals surface area contributed by atoms with E-state index in [1.807, 2.05) is 12.1 Å². The van der Waals surface area contributed by atoms with Crippen molar-refractivity contribution in [3.63, 3.8) is 0 Å². The zero-order chi connectivity index (χ0) is 18.4. The van der Waals surface area contributed by atoms with Crippen molar-refractivity contribution < 1.29 is 0 Å². The molecule has 0 aliphatic carbocycles. The van der Waals surface area contributed by atoms with Gasteiger partial charge >= 0.3 is 0 Å². The van der Waals surface area contributed by atoms with Gasteiger partial charge in [0.25, 0.3) is 0 Å². The van der Waals surface area contributed by atoms with Crippen molar-refractivity contribution in [2.24, 2.45) is 4.76 Å². The molecule has 1 nitrogen and oxygen atoms in total. The molecule has 0 amide bonds. The Balaban J connectivity index is 2.13. The molecule has 26 heavy (non-hydrogen) atoms. The number of hydrogen-bond acceptors (Lipinski definition) is 1. The lowest BCUT2D eigenvalue weighted by Gasteiger charge is -2.20. The van der Waals surface area contributed by atoms with Crippen LogP contribution in [0, 0.1) is 0 Å². The summed E-state index contributed by atoms with van der Waals surface area (Å²) in [5.41, 5.74) is 4.69. The SMILES string of the molecule is C[Si](C)(C)C(=PN=C(c1ccccc1)c1ccccc1)c1ccccc1. The average molecular weight is 374 g/mol. The second kappa shape index (κ2) is 8.40. The normalized spacial score (nSPS) is 11.9. The lowest BCUT2D eigenvalue weighted by atomic mass is 10.0. The third-order valence-electron chi connectivity index (χ3n) is 4.10. The van der Waals surface area contributed by atoms with Crippen LogP contribution in [0.15, 0.2) is 95.8 Å². The highest BCUT2D eigenvalue weighted by Gasteiger charge is 2.22. The van der Waals surface area contributed by atoms with Gasteiger partial charge < -0.3 is 0 Å². The topological polar surface area (TPSA) is 12.4 Å². The average Bonchev–Trinajstić information content (AvgIpc) is 2.66. The molecule has 0 fully saturated rings. The van der Waals surface area contributed by atoms with E-state index in [1.54, 1.807) is 0 Å². The summed E-state index contributed by atoms with van der Waals surface area (Å²) in [6.07, 6.45) is 0. The Kier molecular flexibility index (Phi) is 5.98. The van der Waals surface area contributed by atoms with Gasteiger partial charge in [0.2, 0.25) is 0 Å². The first-order chi connectivity index (χ1) is 12.6. The van der Waals surface area contributed by atoms with Gasteiger partial charge in [-0.05, 0) is 10.5 Å². The van der Waals surface area contributed by atoms with E-state index in [1.165, 1.54) is 10.5 Å². The summed E-state index contributed by atoms with van der Waals surface area (Å²) in [5.74, 6) is 0. The number of rotatable bonds is 5. The minimum absolute atomic E-state index is 1.05. The molecule has 0 aliphatic rings. The Labute approximate surface area is 159 Å². The van der Waals surface area contributed by atoms with Crippen molar-refractivity contribution in [1.82, 2.24) is 0 Å². The molecule has 0 atom stereocenters. The summed E-state index contributed by atoms with van der Waals surface area (Å²) >= 11 is 0. The molecule has 3 aromatic carbocycles. The monoisotopic (exact) mass is 373 g/mol. The van der Waals surface area contributed by atoms with Crippen molar-refractivity contribution in [1.29, 1.82) is 0 Å². The Hall–Kier alpha value is -2.28. The molecule has 0 unspecified atom stereocenters. The molecule has 3 rings (SSSR count). The summed E-state index contributed by atoms with van der Waals surface area (Å²) in [6, 6.07) is 31.7. The molecule has 0 bridgehead atoms. The minimum Gasteiger partial charge on any atom is -0.227 e. The van der Waals surface area contributed by atoms with Gasteiger partial charge in [-0.3, -0.25) is 0 Å². The van der Waals surface area contributed by atoms with Crippen molar-refractivity contribution in [3.05, 3.63) is 108 Å². The number of hydrogen-bond donors (Lipinski definition) is 0. The highest BCUT2D eigenvalue weighted by Crippen LogP contribution is 2.23. The van der Waals surface area contributed by atoms with E-state index in [0.717, 1.165) is 25.2 Å². The van der Waals surface area contributed by atoms with Crippen molar-refractivity contribution in [2.45, 2.75) is 19.6 Å². The zero-order valence-corrected chi connectivity index (χ0v) is 17.4. The summed E-state index contributed by atoms with van der Waals surface area (Å²) in [7, 11) is -0.451. The second-order valence-electron chi connectivity index (χ2n) is 7.25. The van der Waals surface area contributed by atoms with E-state index >= 15 is 0 Å². The Morgan fingerprint density at radius 3 is 1.38 bits per heavy atom. The molecular weight excluding hydrogens is 349 g/mol. The highest BCUT2D eigenvalue weighted by atomic mass is 31.1. The van der Waals surface area contributed by atoms with Gasteiger partial charge in [0, 0.05) is 19.5 Å². The van der Waals surface area contributed by atoms with Gasteiger partial charge in [-0.15, -0.1) is 0 Å². The molecule has 130 valence electrons. The van der Waals surface area contributed by atoms with Gasteiger partial charge in [-0.1, -0.05) is 111 Å². The van der Waals surface area contributed by atoms with Crippen LogP contribution in [0.4, 0.5) is 0 Å². The fourth-order valence-electron chi connectivity index (χ4n) is 2.81. The van der Waals surface area contributed by atoms with Crippen LogP contribution in [0.5, 0.6) is 0 Å². The maximum Gasteiger partial charge on any atom is 0.0862 e. The first kappa shape index (κ1) is 18.5. The van der Waals surface area contributed by atoms with Crippen LogP contribution in [0.2, 0.25) is 19.6 Å². The smallest absolute Gasteiger partial charge is 0.0862 e. The van der Waals surface area contributed by atoms with Gasteiger partial charge in [-0.2, -0.15) is 0 Å². The van der Waals surface area contributed by atoms with Gasteiger partial charge in [-0.25, -0.2) is 4.76 Å². The lowest BCUT2D eigenvalue weighted by Crippen LogP contribution is -2.32. The number of nitrogens with zero attached hydrogens (tertiary/aromatic N) is 1. The summed E-state index contributed by atoms with van der Waals surface area (Å²) < 4.78 is 5.09. The van der Waals surface area contributed by atoms with Crippen LogP contribution in [-0.2, 0) is 0 Å². The molecule has 0 aromatic heterocycles. The van der Waals surface area contributed by atoms with E-state index in [0.29, 0.717) is 0 Å². The van der Waals surface area contributed by atoms with E-state index < -0.39 is 8.07 Å². The largest absolute Gasteiger partial charge is 0.227 e. The maximum atomic E-state index is 5.09. The van der Waals surface area contributed by atoms with Crippen molar-refractivity contribution in [2.75, 3.05) is 0 Å². The molecule has 3 aromatic rings. The molecule has 0 aliphatic heterocycles.